The minimum Gasteiger partial charge on any atom is -0.362 e. The maximum Gasteiger partial charge on any atom is 0.261 e. The summed E-state index contributed by atoms with van der Waals surface area (Å²) in [5, 5.41) is 1.75. The van der Waals surface area contributed by atoms with E-state index < -0.39 is 27.4 Å². The molecule has 0 spiro atoms. The highest BCUT2D eigenvalue weighted by atomic mass is 32.2. The van der Waals surface area contributed by atoms with Gasteiger partial charge < -0.3 is 4.74 Å². The summed E-state index contributed by atoms with van der Waals surface area (Å²) >= 11 is 0. The van der Waals surface area contributed by atoms with Crippen molar-refractivity contribution in [3.8, 4) is 0 Å². The minimum atomic E-state index is -3.67. The van der Waals surface area contributed by atoms with Gasteiger partial charge in [-0.1, -0.05) is 6.07 Å². The molecule has 0 aromatic heterocycles. The molecule has 1 aromatic rings. The van der Waals surface area contributed by atoms with Crippen molar-refractivity contribution < 1.29 is 26.5 Å². The third-order valence-corrected chi connectivity index (χ3v) is 2.93. The SMILES string of the molecule is CS(=O)(=O)O.Fc1ccc(C2(CN3C=NCN3)CO2)c(F)c1. The van der Waals surface area contributed by atoms with Crippen LogP contribution in [-0.2, 0) is 20.5 Å². The molecule has 7 nitrogen and oxygen atoms in total. The fraction of sp³-hybridized carbons (Fsp3) is 0.417. The Balaban J connectivity index is 0.000000309. The Bertz CT molecular complexity index is 669. The summed E-state index contributed by atoms with van der Waals surface area (Å²) in [4.78, 5) is 3.99. The van der Waals surface area contributed by atoms with Gasteiger partial charge in [-0.3, -0.25) is 14.6 Å². The molecule has 2 N–H and O–H groups in total. The van der Waals surface area contributed by atoms with Gasteiger partial charge in [0, 0.05) is 11.6 Å². The molecule has 1 unspecified atom stereocenters. The maximum absolute atomic E-state index is 13.7. The van der Waals surface area contributed by atoms with Crippen molar-refractivity contribution in [2.45, 2.75) is 5.60 Å². The van der Waals surface area contributed by atoms with Crippen LogP contribution in [0.3, 0.4) is 0 Å². The van der Waals surface area contributed by atoms with Crippen molar-refractivity contribution in [3.05, 3.63) is 35.4 Å². The molecule has 1 fully saturated rings. The number of hydrogen-bond acceptors (Lipinski definition) is 6. The second-order valence-electron chi connectivity index (χ2n) is 4.88. The number of halogens is 2. The Labute approximate surface area is 126 Å². The van der Waals surface area contributed by atoms with Crippen LogP contribution in [0.15, 0.2) is 23.2 Å². The summed E-state index contributed by atoms with van der Waals surface area (Å²) in [6, 6.07) is 3.56. The number of hydrazine groups is 1. The average molecular weight is 335 g/mol. The van der Waals surface area contributed by atoms with Gasteiger partial charge in [-0.05, 0) is 6.07 Å². The zero-order valence-corrected chi connectivity index (χ0v) is 12.5. The van der Waals surface area contributed by atoms with Gasteiger partial charge in [0.2, 0.25) is 0 Å². The quantitative estimate of drug-likeness (QED) is 0.617. The molecule has 3 rings (SSSR count). The molecule has 2 heterocycles. The van der Waals surface area contributed by atoms with Gasteiger partial charge in [0.1, 0.15) is 30.2 Å². The lowest BCUT2D eigenvalue weighted by Gasteiger charge is -2.20. The third kappa shape index (κ3) is 4.70. The lowest BCUT2D eigenvalue weighted by molar-refractivity contribution is 0.218. The van der Waals surface area contributed by atoms with Crippen molar-refractivity contribution in [1.82, 2.24) is 10.4 Å². The molecule has 1 saturated heterocycles. The average Bonchev–Trinajstić information content (AvgIpc) is 2.94. The van der Waals surface area contributed by atoms with E-state index in [1.54, 1.807) is 11.3 Å². The minimum absolute atomic E-state index is 0.390. The van der Waals surface area contributed by atoms with Crippen molar-refractivity contribution in [2.75, 3.05) is 26.1 Å². The van der Waals surface area contributed by atoms with Crippen molar-refractivity contribution >= 4 is 16.5 Å². The van der Waals surface area contributed by atoms with Gasteiger partial charge >= 0.3 is 0 Å². The maximum atomic E-state index is 13.7. The molecule has 2 aliphatic heterocycles. The van der Waals surface area contributed by atoms with Gasteiger partial charge in [0.15, 0.2) is 0 Å². The molecule has 1 aromatic carbocycles. The standard InChI is InChI=1S/C11H11F2N3O.CH4O3S/c12-8-1-2-9(10(13)3-8)11(5-17-11)4-16-7-14-6-15-16;1-5(2,3)4/h1-3,7,15H,4-6H2;1H3,(H,2,3,4). The summed E-state index contributed by atoms with van der Waals surface area (Å²) in [6.45, 7) is 1.41. The van der Waals surface area contributed by atoms with Gasteiger partial charge in [0.25, 0.3) is 10.1 Å². The summed E-state index contributed by atoms with van der Waals surface area (Å²) < 4.78 is 57.7. The Morgan fingerprint density at radius 1 is 1.50 bits per heavy atom. The molecular weight excluding hydrogens is 320 g/mol. The number of ether oxygens (including phenoxy) is 1. The van der Waals surface area contributed by atoms with E-state index in [-0.39, 0.29) is 0 Å². The molecule has 0 amide bonds. The van der Waals surface area contributed by atoms with E-state index in [2.05, 4.69) is 10.4 Å². The van der Waals surface area contributed by atoms with E-state index in [1.807, 2.05) is 0 Å². The fourth-order valence-electron chi connectivity index (χ4n) is 1.96. The normalized spacial score (nSPS) is 23.2. The lowest BCUT2D eigenvalue weighted by Crippen LogP contribution is -2.39. The van der Waals surface area contributed by atoms with E-state index in [0.717, 1.165) is 6.07 Å². The number of nitrogens with zero attached hydrogens (tertiary/aromatic N) is 2. The van der Waals surface area contributed by atoms with E-state index in [9.17, 15) is 17.2 Å². The van der Waals surface area contributed by atoms with Crippen molar-refractivity contribution in [1.29, 1.82) is 0 Å². The molecular formula is C12H15F2N3O4S. The number of nitrogens with one attached hydrogen (secondary N) is 1. The number of rotatable bonds is 3. The summed E-state index contributed by atoms with van der Waals surface area (Å²) in [5.41, 5.74) is 2.70. The zero-order chi connectivity index (χ0) is 16.4. The van der Waals surface area contributed by atoms with E-state index in [4.69, 9.17) is 9.29 Å². The van der Waals surface area contributed by atoms with E-state index >= 15 is 0 Å². The highest BCUT2D eigenvalue weighted by Crippen LogP contribution is 2.40. The first-order valence-corrected chi connectivity index (χ1v) is 8.06. The van der Waals surface area contributed by atoms with Crippen LogP contribution in [0.4, 0.5) is 8.78 Å². The Hall–Kier alpha value is -1.62. The van der Waals surface area contributed by atoms with E-state index in [0.29, 0.717) is 31.6 Å². The number of hydrogen-bond donors (Lipinski definition) is 2. The first-order chi connectivity index (χ1) is 10.2. The molecule has 22 heavy (non-hydrogen) atoms. The number of epoxide rings is 1. The van der Waals surface area contributed by atoms with Crippen molar-refractivity contribution in [2.24, 2.45) is 4.99 Å². The van der Waals surface area contributed by atoms with Crippen LogP contribution >= 0.6 is 0 Å². The molecule has 0 bridgehead atoms. The highest BCUT2D eigenvalue weighted by Gasteiger charge is 2.49. The second kappa shape index (κ2) is 6.24. The summed E-state index contributed by atoms with van der Waals surface area (Å²) in [5.74, 6) is -1.15. The van der Waals surface area contributed by atoms with Crippen LogP contribution in [0.25, 0.3) is 0 Å². The Morgan fingerprint density at radius 2 is 2.14 bits per heavy atom. The molecule has 0 radical (unpaired) electrons. The molecule has 122 valence electrons. The lowest BCUT2D eigenvalue weighted by atomic mass is 9.99. The van der Waals surface area contributed by atoms with Crippen LogP contribution in [-0.4, -0.2) is 50.4 Å². The van der Waals surface area contributed by atoms with Gasteiger partial charge in [-0.25, -0.2) is 14.2 Å². The molecule has 10 heteroatoms. The van der Waals surface area contributed by atoms with E-state index in [1.165, 1.54) is 12.1 Å². The molecule has 2 aliphatic rings. The van der Waals surface area contributed by atoms with Crippen LogP contribution in [0.2, 0.25) is 0 Å². The molecule has 1 atom stereocenters. The highest BCUT2D eigenvalue weighted by molar-refractivity contribution is 7.85. The third-order valence-electron chi connectivity index (χ3n) is 2.93. The largest absolute Gasteiger partial charge is 0.362 e. The fourth-order valence-corrected chi connectivity index (χ4v) is 1.96. The Morgan fingerprint density at radius 3 is 2.59 bits per heavy atom. The zero-order valence-electron chi connectivity index (χ0n) is 11.7. The predicted molar refractivity (Wildman–Crippen MR) is 74.7 cm³/mol. The first kappa shape index (κ1) is 16.7. The summed E-state index contributed by atoms with van der Waals surface area (Å²) in [6.07, 6.45) is 2.36. The predicted octanol–water partition coefficient (Wildman–Crippen LogP) is 0.500. The molecule has 0 aliphatic carbocycles. The van der Waals surface area contributed by atoms with Crippen LogP contribution in [0, 0.1) is 11.6 Å². The number of aliphatic imine (C=N–C) groups is 1. The first-order valence-electron chi connectivity index (χ1n) is 6.22. The van der Waals surface area contributed by atoms with Crippen LogP contribution in [0.1, 0.15) is 5.56 Å². The van der Waals surface area contributed by atoms with Gasteiger partial charge in [0.05, 0.1) is 19.4 Å². The van der Waals surface area contributed by atoms with Crippen molar-refractivity contribution in [3.63, 3.8) is 0 Å². The van der Waals surface area contributed by atoms with Gasteiger partial charge in [-0.2, -0.15) is 8.42 Å². The van der Waals surface area contributed by atoms with Crippen LogP contribution < -0.4 is 5.43 Å². The Kier molecular flexibility index (Phi) is 4.75. The van der Waals surface area contributed by atoms with Gasteiger partial charge in [-0.15, -0.1) is 0 Å². The molecule has 0 saturated carbocycles. The summed E-state index contributed by atoms with van der Waals surface area (Å²) in [7, 11) is -3.67. The number of benzene rings is 1. The second-order valence-corrected chi connectivity index (χ2v) is 6.35. The van der Waals surface area contributed by atoms with Crippen LogP contribution in [0.5, 0.6) is 0 Å². The monoisotopic (exact) mass is 335 g/mol. The topological polar surface area (TPSA) is 94.5 Å². The smallest absolute Gasteiger partial charge is 0.261 e.